The average molecular weight is 418 g/mol. The molecule has 160 valence electrons. The van der Waals surface area contributed by atoms with E-state index in [1.807, 2.05) is 49.4 Å². The maximum Gasteiger partial charge on any atom is 0.289 e. The van der Waals surface area contributed by atoms with Gasteiger partial charge >= 0.3 is 0 Å². The summed E-state index contributed by atoms with van der Waals surface area (Å²) in [6.45, 7) is 4.61. The number of piperazine rings is 1. The van der Waals surface area contributed by atoms with E-state index in [-0.39, 0.29) is 11.8 Å². The topological polar surface area (TPSA) is 65.8 Å². The molecule has 2 heterocycles. The van der Waals surface area contributed by atoms with E-state index in [4.69, 9.17) is 4.42 Å². The Labute approximate surface area is 182 Å². The third-order valence-corrected chi connectivity index (χ3v) is 5.51. The monoisotopic (exact) mass is 417 g/mol. The SMILES string of the molecule is Cc1ccc(C(=O)N2CCN(CC(=O)Nc3ccccc3Cc3ccccc3)CC2)o1. The zero-order valence-electron chi connectivity index (χ0n) is 17.7. The maximum absolute atomic E-state index is 12.7. The average Bonchev–Trinajstić information content (AvgIpc) is 3.22. The highest BCUT2D eigenvalue weighted by molar-refractivity contribution is 5.93. The molecule has 1 saturated heterocycles. The largest absolute Gasteiger partial charge is 0.456 e. The molecule has 0 saturated carbocycles. The van der Waals surface area contributed by atoms with Gasteiger partial charge in [-0.05, 0) is 42.7 Å². The Morgan fingerprint density at radius 3 is 2.32 bits per heavy atom. The number of rotatable bonds is 6. The van der Waals surface area contributed by atoms with Crippen molar-refractivity contribution < 1.29 is 14.0 Å². The summed E-state index contributed by atoms with van der Waals surface area (Å²) in [5.74, 6) is 0.971. The molecular weight excluding hydrogens is 390 g/mol. The number of anilines is 1. The number of hydrogen-bond donors (Lipinski definition) is 1. The molecule has 0 bridgehead atoms. The van der Waals surface area contributed by atoms with Crippen molar-refractivity contribution in [3.63, 3.8) is 0 Å². The second kappa shape index (κ2) is 9.62. The number of nitrogens with zero attached hydrogens (tertiary/aromatic N) is 2. The quantitative estimate of drug-likeness (QED) is 0.666. The van der Waals surface area contributed by atoms with Crippen LogP contribution >= 0.6 is 0 Å². The van der Waals surface area contributed by atoms with E-state index in [1.54, 1.807) is 17.0 Å². The van der Waals surface area contributed by atoms with Crippen LogP contribution < -0.4 is 5.32 Å². The molecule has 3 aromatic rings. The number of furan rings is 1. The maximum atomic E-state index is 12.7. The van der Waals surface area contributed by atoms with Gasteiger partial charge in [-0.15, -0.1) is 0 Å². The molecule has 0 spiro atoms. The van der Waals surface area contributed by atoms with Crippen molar-refractivity contribution in [2.75, 3.05) is 38.0 Å². The van der Waals surface area contributed by atoms with Crippen molar-refractivity contribution in [1.29, 1.82) is 0 Å². The van der Waals surface area contributed by atoms with Gasteiger partial charge in [0.25, 0.3) is 5.91 Å². The van der Waals surface area contributed by atoms with Gasteiger partial charge in [-0.3, -0.25) is 14.5 Å². The zero-order valence-corrected chi connectivity index (χ0v) is 17.7. The number of carbonyl (C=O) groups is 2. The molecule has 1 N–H and O–H groups in total. The molecule has 2 aromatic carbocycles. The molecule has 1 aliphatic rings. The van der Waals surface area contributed by atoms with Gasteiger partial charge in [0.15, 0.2) is 5.76 Å². The Morgan fingerprint density at radius 1 is 0.903 bits per heavy atom. The van der Waals surface area contributed by atoms with Gasteiger partial charge < -0.3 is 14.6 Å². The fraction of sp³-hybridized carbons (Fsp3) is 0.280. The Balaban J connectivity index is 1.30. The summed E-state index contributed by atoms with van der Waals surface area (Å²) in [6.07, 6.45) is 0.768. The fourth-order valence-corrected chi connectivity index (χ4v) is 3.82. The van der Waals surface area contributed by atoms with Crippen LogP contribution in [0, 0.1) is 6.92 Å². The lowest BCUT2D eigenvalue weighted by Crippen LogP contribution is -2.50. The van der Waals surface area contributed by atoms with Crippen molar-refractivity contribution in [2.45, 2.75) is 13.3 Å². The molecule has 1 aliphatic heterocycles. The molecule has 2 amide bonds. The van der Waals surface area contributed by atoms with Crippen molar-refractivity contribution in [3.8, 4) is 0 Å². The minimum atomic E-state index is -0.0907. The van der Waals surface area contributed by atoms with Gasteiger partial charge in [0.05, 0.1) is 6.54 Å². The van der Waals surface area contributed by atoms with Crippen LogP contribution in [0.1, 0.15) is 27.4 Å². The van der Waals surface area contributed by atoms with Crippen molar-refractivity contribution in [3.05, 3.63) is 89.4 Å². The van der Waals surface area contributed by atoms with Gasteiger partial charge in [0.2, 0.25) is 5.91 Å². The van der Waals surface area contributed by atoms with E-state index in [2.05, 4.69) is 22.3 Å². The normalized spacial score (nSPS) is 14.4. The molecule has 4 rings (SSSR count). The number of aryl methyl sites for hydroxylation is 1. The first-order valence-electron chi connectivity index (χ1n) is 10.6. The highest BCUT2D eigenvalue weighted by Crippen LogP contribution is 2.19. The summed E-state index contributed by atoms with van der Waals surface area (Å²) in [4.78, 5) is 29.0. The lowest BCUT2D eigenvalue weighted by atomic mass is 10.0. The standard InChI is InChI=1S/C25H27N3O3/c1-19-11-12-23(31-19)25(30)28-15-13-27(14-16-28)18-24(29)26-22-10-6-5-9-21(22)17-20-7-3-2-4-8-20/h2-12H,13-18H2,1H3,(H,26,29). The molecule has 0 aliphatic carbocycles. The molecule has 0 unspecified atom stereocenters. The third-order valence-electron chi connectivity index (χ3n) is 5.51. The van der Waals surface area contributed by atoms with E-state index in [0.29, 0.717) is 38.5 Å². The Bertz CT molecular complexity index is 1040. The first-order chi connectivity index (χ1) is 15.1. The number of carbonyl (C=O) groups excluding carboxylic acids is 2. The molecule has 0 atom stereocenters. The number of hydrogen-bond acceptors (Lipinski definition) is 4. The van der Waals surface area contributed by atoms with E-state index < -0.39 is 0 Å². The van der Waals surface area contributed by atoms with E-state index >= 15 is 0 Å². The lowest BCUT2D eigenvalue weighted by molar-refractivity contribution is -0.117. The van der Waals surface area contributed by atoms with E-state index in [9.17, 15) is 9.59 Å². The molecule has 1 aromatic heterocycles. The minimum Gasteiger partial charge on any atom is -0.456 e. The predicted octanol–water partition coefficient (Wildman–Crippen LogP) is 3.58. The minimum absolute atomic E-state index is 0.0399. The summed E-state index contributed by atoms with van der Waals surface area (Å²) in [5.41, 5.74) is 3.14. The first kappa shape index (κ1) is 20.9. The van der Waals surface area contributed by atoms with Crippen LogP contribution in [0.15, 0.2) is 71.1 Å². The second-order valence-electron chi connectivity index (χ2n) is 7.85. The Hall–Kier alpha value is -3.38. The highest BCUT2D eigenvalue weighted by Gasteiger charge is 2.25. The second-order valence-corrected chi connectivity index (χ2v) is 7.85. The predicted molar refractivity (Wildman–Crippen MR) is 120 cm³/mol. The van der Waals surface area contributed by atoms with Gasteiger partial charge in [-0.25, -0.2) is 0 Å². The lowest BCUT2D eigenvalue weighted by Gasteiger charge is -2.33. The summed E-state index contributed by atoms with van der Waals surface area (Å²) < 4.78 is 5.44. The molecule has 6 heteroatoms. The van der Waals surface area contributed by atoms with Gasteiger partial charge in [0, 0.05) is 31.9 Å². The van der Waals surface area contributed by atoms with E-state index in [0.717, 1.165) is 23.4 Å². The zero-order chi connectivity index (χ0) is 21.6. The van der Waals surface area contributed by atoms with Crippen LogP contribution in [0.5, 0.6) is 0 Å². The molecule has 31 heavy (non-hydrogen) atoms. The first-order valence-corrected chi connectivity index (χ1v) is 10.6. The number of para-hydroxylation sites is 1. The van der Waals surface area contributed by atoms with Gasteiger partial charge in [0.1, 0.15) is 5.76 Å². The number of benzene rings is 2. The fourth-order valence-electron chi connectivity index (χ4n) is 3.82. The van der Waals surface area contributed by atoms with Crippen LogP contribution in [0.2, 0.25) is 0 Å². The Kier molecular flexibility index (Phi) is 6.48. The van der Waals surface area contributed by atoms with Crippen LogP contribution in [-0.2, 0) is 11.2 Å². The van der Waals surface area contributed by atoms with Gasteiger partial charge in [-0.1, -0.05) is 48.5 Å². The van der Waals surface area contributed by atoms with Crippen LogP contribution in [-0.4, -0.2) is 54.3 Å². The van der Waals surface area contributed by atoms with Gasteiger partial charge in [-0.2, -0.15) is 0 Å². The van der Waals surface area contributed by atoms with Crippen molar-refractivity contribution in [2.24, 2.45) is 0 Å². The molecule has 1 fully saturated rings. The highest BCUT2D eigenvalue weighted by atomic mass is 16.3. The van der Waals surface area contributed by atoms with Crippen LogP contribution in [0.3, 0.4) is 0 Å². The summed E-state index contributed by atoms with van der Waals surface area (Å²) >= 11 is 0. The van der Waals surface area contributed by atoms with Crippen molar-refractivity contribution in [1.82, 2.24) is 9.80 Å². The van der Waals surface area contributed by atoms with Crippen LogP contribution in [0.25, 0.3) is 0 Å². The smallest absolute Gasteiger partial charge is 0.289 e. The summed E-state index contributed by atoms with van der Waals surface area (Å²) in [6, 6.07) is 21.6. The van der Waals surface area contributed by atoms with Crippen LogP contribution in [0.4, 0.5) is 5.69 Å². The third kappa shape index (κ3) is 5.41. The number of amides is 2. The molecule has 6 nitrogen and oxygen atoms in total. The summed E-state index contributed by atoms with van der Waals surface area (Å²) in [7, 11) is 0. The summed E-state index contributed by atoms with van der Waals surface area (Å²) in [5, 5.41) is 3.06. The van der Waals surface area contributed by atoms with Crippen molar-refractivity contribution >= 4 is 17.5 Å². The Morgan fingerprint density at radius 2 is 1.61 bits per heavy atom. The molecular formula is C25H27N3O3. The van der Waals surface area contributed by atoms with E-state index in [1.165, 1.54) is 5.56 Å². The number of nitrogens with one attached hydrogen (secondary N) is 1. The molecule has 0 radical (unpaired) electrons.